The molecule has 0 radical (unpaired) electrons. The Morgan fingerprint density at radius 1 is 1.28 bits per heavy atom. The lowest BCUT2D eigenvalue weighted by Crippen LogP contribution is -2.45. The number of benzene rings is 1. The summed E-state index contributed by atoms with van der Waals surface area (Å²) >= 11 is 0. The zero-order valence-corrected chi connectivity index (χ0v) is 15.3. The van der Waals surface area contributed by atoms with Gasteiger partial charge in [-0.05, 0) is 26.1 Å². The molecule has 0 saturated heterocycles. The number of hydrogen-bond donors (Lipinski definition) is 2. The standard InChI is InChI=1S/C16H23N3O5.ClH/c1-11(16(22)23)18(2)10-15(21)19(9-8-14(17)20)12-6-4-5-7-13(12)24-3;/h4-7,11H,8-10H2,1-3H3,(H2,17,20)(H,22,23);1H. The number of ether oxygens (including phenoxy) is 1. The summed E-state index contributed by atoms with van der Waals surface area (Å²) in [5.74, 6) is -1.43. The largest absolute Gasteiger partial charge is 0.495 e. The van der Waals surface area contributed by atoms with E-state index in [0.717, 1.165) is 0 Å². The van der Waals surface area contributed by atoms with Crippen LogP contribution in [0.1, 0.15) is 13.3 Å². The van der Waals surface area contributed by atoms with Gasteiger partial charge in [0.2, 0.25) is 11.8 Å². The molecule has 0 aliphatic heterocycles. The van der Waals surface area contributed by atoms with E-state index in [-0.39, 0.29) is 37.8 Å². The van der Waals surface area contributed by atoms with Gasteiger partial charge in [-0.25, -0.2) is 0 Å². The minimum atomic E-state index is -1.02. The summed E-state index contributed by atoms with van der Waals surface area (Å²) in [6, 6.07) is 6.08. The molecule has 0 aliphatic rings. The van der Waals surface area contributed by atoms with Gasteiger partial charge >= 0.3 is 5.97 Å². The zero-order chi connectivity index (χ0) is 18.3. The zero-order valence-electron chi connectivity index (χ0n) is 14.5. The number of nitrogens with two attached hydrogens (primary N) is 1. The third-order valence-corrected chi connectivity index (χ3v) is 3.66. The van der Waals surface area contributed by atoms with Crippen LogP contribution in [0.15, 0.2) is 24.3 Å². The number of likely N-dealkylation sites (N-methyl/N-ethyl adjacent to an activating group) is 1. The summed E-state index contributed by atoms with van der Waals surface area (Å²) in [6.07, 6.45) is -0.0119. The number of carboxylic acid groups (broad SMARTS) is 1. The van der Waals surface area contributed by atoms with Crippen molar-refractivity contribution in [2.75, 3.05) is 32.1 Å². The Kier molecular flexibility index (Phi) is 9.55. The Morgan fingerprint density at radius 2 is 1.88 bits per heavy atom. The first-order valence-corrected chi connectivity index (χ1v) is 7.42. The predicted octanol–water partition coefficient (Wildman–Crippen LogP) is 0.730. The number of hydrogen-bond acceptors (Lipinski definition) is 5. The molecule has 1 atom stereocenters. The quantitative estimate of drug-likeness (QED) is 0.659. The summed E-state index contributed by atoms with van der Waals surface area (Å²) in [5.41, 5.74) is 5.68. The van der Waals surface area contributed by atoms with Gasteiger partial charge in [0.05, 0.1) is 19.3 Å². The Bertz CT molecular complexity index is 611. The van der Waals surface area contributed by atoms with Crippen LogP contribution in [0.3, 0.4) is 0 Å². The molecule has 0 heterocycles. The van der Waals surface area contributed by atoms with Gasteiger partial charge in [0.15, 0.2) is 0 Å². The molecule has 25 heavy (non-hydrogen) atoms. The number of aliphatic carboxylic acids is 1. The van der Waals surface area contributed by atoms with Crippen molar-refractivity contribution in [1.29, 1.82) is 0 Å². The van der Waals surface area contributed by atoms with Crippen LogP contribution in [-0.2, 0) is 14.4 Å². The van der Waals surface area contributed by atoms with E-state index in [1.807, 2.05) is 0 Å². The maximum Gasteiger partial charge on any atom is 0.320 e. The third kappa shape index (κ3) is 6.60. The second kappa shape index (κ2) is 10.5. The molecule has 1 aromatic carbocycles. The van der Waals surface area contributed by atoms with Gasteiger partial charge < -0.3 is 20.5 Å². The summed E-state index contributed by atoms with van der Waals surface area (Å²) in [7, 11) is 3.03. The highest BCUT2D eigenvalue weighted by Crippen LogP contribution is 2.28. The molecule has 1 aromatic rings. The molecule has 0 aromatic heterocycles. The van der Waals surface area contributed by atoms with E-state index >= 15 is 0 Å². The highest BCUT2D eigenvalue weighted by Gasteiger charge is 2.24. The molecule has 1 unspecified atom stereocenters. The monoisotopic (exact) mass is 373 g/mol. The fraction of sp³-hybridized carbons (Fsp3) is 0.438. The summed E-state index contributed by atoms with van der Waals surface area (Å²) in [6.45, 7) is 1.46. The maximum absolute atomic E-state index is 12.6. The lowest BCUT2D eigenvalue weighted by atomic mass is 10.2. The van der Waals surface area contributed by atoms with Crippen molar-refractivity contribution in [2.24, 2.45) is 5.73 Å². The van der Waals surface area contributed by atoms with E-state index in [1.54, 1.807) is 31.3 Å². The van der Waals surface area contributed by atoms with Gasteiger partial charge in [0, 0.05) is 13.0 Å². The fourth-order valence-corrected chi connectivity index (χ4v) is 2.08. The fourth-order valence-electron chi connectivity index (χ4n) is 2.08. The Morgan fingerprint density at radius 3 is 2.40 bits per heavy atom. The first-order chi connectivity index (χ1) is 11.3. The molecule has 0 aliphatic carbocycles. The SMILES string of the molecule is COc1ccccc1N(CCC(N)=O)C(=O)CN(C)C(C)C(=O)O.Cl. The topological polar surface area (TPSA) is 113 Å². The minimum absolute atomic E-state index is 0. The lowest BCUT2D eigenvalue weighted by molar-refractivity contribution is -0.142. The van der Waals surface area contributed by atoms with Crippen molar-refractivity contribution in [1.82, 2.24) is 4.90 Å². The van der Waals surface area contributed by atoms with Crippen LogP contribution in [0.5, 0.6) is 5.75 Å². The summed E-state index contributed by atoms with van der Waals surface area (Å²) in [5, 5.41) is 9.03. The Balaban J connectivity index is 0.00000576. The number of amides is 2. The van der Waals surface area contributed by atoms with Gasteiger partial charge in [-0.2, -0.15) is 0 Å². The first-order valence-electron chi connectivity index (χ1n) is 7.42. The highest BCUT2D eigenvalue weighted by atomic mass is 35.5. The molecule has 1 rings (SSSR count). The van der Waals surface area contributed by atoms with Gasteiger partial charge in [0.25, 0.3) is 0 Å². The van der Waals surface area contributed by atoms with Crippen molar-refractivity contribution in [2.45, 2.75) is 19.4 Å². The molecule has 0 saturated carbocycles. The normalized spacial score (nSPS) is 11.4. The number of para-hydroxylation sites is 2. The van der Waals surface area contributed by atoms with Crippen molar-refractivity contribution in [3.8, 4) is 5.75 Å². The van der Waals surface area contributed by atoms with E-state index in [0.29, 0.717) is 11.4 Å². The molecular weight excluding hydrogens is 350 g/mol. The molecule has 2 amide bonds. The molecule has 0 fully saturated rings. The maximum atomic E-state index is 12.6. The average Bonchev–Trinajstić information content (AvgIpc) is 2.54. The highest BCUT2D eigenvalue weighted by molar-refractivity contribution is 5.97. The number of carbonyl (C=O) groups is 3. The van der Waals surface area contributed by atoms with Gasteiger partial charge in [-0.15, -0.1) is 12.4 Å². The smallest absolute Gasteiger partial charge is 0.320 e. The first kappa shape index (κ1) is 22.7. The van der Waals surface area contributed by atoms with Gasteiger partial charge in [0.1, 0.15) is 11.8 Å². The Hall–Kier alpha value is -2.32. The number of methoxy groups -OCH3 is 1. The number of rotatable bonds is 9. The van der Waals surface area contributed by atoms with Crippen LogP contribution in [0.2, 0.25) is 0 Å². The molecule has 0 bridgehead atoms. The number of primary amides is 1. The second-order valence-electron chi connectivity index (χ2n) is 5.36. The van der Waals surface area contributed by atoms with Crippen LogP contribution < -0.4 is 15.4 Å². The van der Waals surface area contributed by atoms with Crippen molar-refractivity contribution < 1.29 is 24.2 Å². The second-order valence-corrected chi connectivity index (χ2v) is 5.36. The van der Waals surface area contributed by atoms with E-state index < -0.39 is 17.9 Å². The number of carbonyl (C=O) groups excluding carboxylic acids is 2. The minimum Gasteiger partial charge on any atom is -0.495 e. The van der Waals surface area contributed by atoms with Crippen LogP contribution in [0, 0.1) is 0 Å². The van der Waals surface area contributed by atoms with Crippen molar-refractivity contribution in [3.63, 3.8) is 0 Å². The summed E-state index contributed by atoms with van der Waals surface area (Å²) < 4.78 is 5.26. The summed E-state index contributed by atoms with van der Waals surface area (Å²) in [4.78, 5) is 37.6. The predicted molar refractivity (Wildman–Crippen MR) is 96.1 cm³/mol. The molecule has 9 heteroatoms. The number of anilines is 1. The van der Waals surface area contributed by atoms with Crippen molar-refractivity contribution >= 4 is 35.9 Å². The van der Waals surface area contributed by atoms with E-state index in [1.165, 1.54) is 23.8 Å². The molecule has 3 N–H and O–H groups in total. The Labute approximate surface area is 152 Å². The molecular formula is C16H24ClN3O5. The van der Waals surface area contributed by atoms with E-state index in [2.05, 4.69) is 0 Å². The van der Waals surface area contributed by atoms with E-state index in [9.17, 15) is 14.4 Å². The van der Waals surface area contributed by atoms with Crippen LogP contribution in [0.25, 0.3) is 0 Å². The average molecular weight is 374 g/mol. The lowest BCUT2D eigenvalue weighted by Gasteiger charge is -2.28. The number of carboxylic acids is 1. The number of halogens is 1. The van der Waals surface area contributed by atoms with Crippen LogP contribution in [0.4, 0.5) is 5.69 Å². The van der Waals surface area contributed by atoms with Crippen molar-refractivity contribution in [3.05, 3.63) is 24.3 Å². The van der Waals surface area contributed by atoms with Gasteiger partial charge in [-0.1, -0.05) is 12.1 Å². The van der Waals surface area contributed by atoms with Crippen LogP contribution >= 0.6 is 12.4 Å². The molecule has 8 nitrogen and oxygen atoms in total. The third-order valence-electron chi connectivity index (χ3n) is 3.66. The van der Waals surface area contributed by atoms with Gasteiger partial charge in [-0.3, -0.25) is 19.3 Å². The molecule has 0 spiro atoms. The number of nitrogens with zero attached hydrogens (tertiary/aromatic N) is 2. The van der Waals surface area contributed by atoms with Crippen LogP contribution in [-0.4, -0.2) is 61.1 Å². The van der Waals surface area contributed by atoms with E-state index in [4.69, 9.17) is 15.6 Å². The molecule has 140 valence electrons.